The molecular formula is C17H25BO5. The van der Waals surface area contributed by atoms with E-state index in [1.54, 1.807) is 14.0 Å². The van der Waals surface area contributed by atoms with E-state index in [9.17, 15) is 4.79 Å². The highest BCUT2D eigenvalue weighted by Crippen LogP contribution is 2.36. The number of methoxy groups -OCH3 is 1. The van der Waals surface area contributed by atoms with E-state index in [4.69, 9.17) is 18.8 Å². The lowest BCUT2D eigenvalue weighted by Gasteiger charge is -2.32. The second-order valence-corrected chi connectivity index (χ2v) is 6.64. The van der Waals surface area contributed by atoms with Crippen molar-refractivity contribution in [2.24, 2.45) is 0 Å². The molecule has 1 aliphatic rings. The summed E-state index contributed by atoms with van der Waals surface area (Å²) in [5.74, 6) is 0.361. The molecule has 0 N–H and O–H groups in total. The third-order valence-electron chi connectivity index (χ3n) is 4.48. The Balaban J connectivity index is 2.21. The van der Waals surface area contributed by atoms with Crippen molar-refractivity contribution in [2.75, 3.05) is 13.7 Å². The molecule has 0 atom stereocenters. The zero-order chi connectivity index (χ0) is 17.3. The summed E-state index contributed by atoms with van der Waals surface area (Å²) < 4.78 is 22.5. The lowest BCUT2D eigenvalue weighted by molar-refractivity contribution is -0.142. The predicted molar refractivity (Wildman–Crippen MR) is 89.0 cm³/mol. The van der Waals surface area contributed by atoms with Crippen molar-refractivity contribution in [3.63, 3.8) is 0 Å². The van der Waals surface area contributed by atoms with Crippen molar-refractivity contribution in [3.8, 4) is 5.75 Å². The summed E-state index contributed by atoms with van der Waals surface area (Å²) in [6.07, 6.45) is 0.181. The van der Waals surface area contributed by atoms with Gasteiger partial charge in [0.2, 0.25) is 0 Å². The molecular weight excluding hydrogens is 295 g/mol. The summed E-state index contributed by atoms with van der Waals surface area (Å²) in [5, 5.41) is 0. The fraction of sp³-hybridized carbons (Fsp3) is 0.588. The fourth-order valence-corrected chi connectivity index (χ4v) is 2.40. The van der Waals surface area contributed by atoms with Crippen LogP contribution in [0.5, 0.6) is 5.75 Å². The summed E-state index contributed by atoms with van der Waals surface area (Å²) >= 11 is 0. The highest BCUT2D eigenvalue weighted by Gasteiger charge is 2.51. The smallest absolute Gasteiger partial charge is 0.494 e. The van der Waals surface area contributed by atoms with Crippen molar-refractivity contribution in [3.05, 3.63) is 23.8 Å². The maximum Gasteiger partial charge on any atom is 0.494 e. The van der Waals surface area contributed by atoms with Crippen LogP contribution < -0.4 is 10.2 Å². The minimum atomic E-state index is -0.453. The average Bonchev–Trinajstić information content (AvgIpc) is 2.68. The molecule has 1 aromatic carbocycles. The number of rotatable bonds is 5. The van der Waals surface area contributed by atoms with Gasteiger partial charge in [0.1, 0.15) is 5.75 Å². The number of hydrogen-bond donors (Lipinski definition) is 0. The number of hydrogen-bond acceptors (Lipinski definition) is 5. The molecule has 1 fully saturated rings. The fourth-order valence-electron chi connectivity index (χ4n) is 2.40. The third-order valence-corrected chi connectivity index (χ3v) is 4.48. The molecule has 1 aliphatic heterocycles. The van der Waals surface area contributed by atoms with Crippen molar-refractivity contribution < 1.29 is 23.6 Å². The van der Waals surface area contributed by atoms with Crippen molar-refractivity contribution in [1.29, 1.82) is 0 Å². The van der Waals surface area contributed by atoms with Gasteiger partial charge in [-0.3, -0.25) is 4.79 Å². The second kappa shape index (κ2) is 6.53. The summed E-state index contributed by atoms with van der Waals surface area (Å²) in [5.41, 5.74) is 0.863. The topological polar surface area (TPSA) is 54.0 Å². The van der Waals surface area contributed by atoms with Crippen LogP contribution in [0.3, 0.4) is 0 Å². The number of esters is 1. The van der Waals surface area contributed by atoms with Gasteiger partial charge in [-0.15, -0.1) is 0 Å². The van der Waals surface area contributed by atoms with E-state index in [1.807, 2.05) is 45.9 Å². The number of ether oxygens (including phenoxy) is 2. The Hall–Kier alpha value is -1.53. The lowest BCUT2D eigenvalue weighted by Crippen LogP contribution is -2.41. The van der Waals surface area contributed by atoms with Crippen LogP contribution in [0.1, 0.15) is 40.2 Å². The largest absolute Gasteiger partial charge is 0.496 e. The zero-order valence-electron chi connectivity index (χ0n) is 14.8. The molecule has 0 unspecified atom stereocenters. The Kier molecular flexibility index (Phi) is 5.06. The average molecular weight is 320 g/mol. The number of benzene rings is 1. The molecule has 0 spiro atoms. The molecule has 23 heavy (non-hydrogen) atoms. The quantitative estimate of drug-likeness (QED) is 0.614. The van der Waals surface area contributed by atoms with Gasteiger partial charge >= 0.3 is 13.1 Å². The van der Waals surface area contributed by atoms with Crippen LogP contribution in [0.15, 0.2) is 18.2 Å². The van der Waals surface area contributed by atoms with Gasteiger partial charge in [-0.25, -0.2) is 0 Å². The second-order valence-electron chi connectivity index (χ2n) is 6.64. The molecule has 0 bridgehead atoms. The minimum absolute atomic E-state index is 0.181. The normalized spacial score (nSPS) is 18.8. The van der Waals surface area contributed by atoms with E-state index in [2.05, 4.69) is 0 Å². The van der Waals surface area contributed by atoms with Gasteiger partial charge in [-0.05, 0) is 46.1 Å². The Morgan fingerprint density at radius 1 is 1.17 bits per heavy atom. The molecule has 6 heteroatoms. The summed E-state index contributed by atoms with van der Waals surface area (Å²) in [7, 11) is 1.13. The van der Waals surface area contributed by atoms with E-state index >= 15 is 0 Å². The molecule has 0 aromatic heterocycles. The van der Waals surface area contributed by atoms with Crippen LogP contribution in [0.25, 0.3) is 0 Å². The van der Waals surface area contributed by atoms with Crippen LogP contribution in [0, 0.1) is 0 Å². The highest BCUT2D eigenvalue weighted by atomic mass is 16.7. The van der Waals surface area contributed by atoms with Crippen LogP contribution in [-0.2, 0) is 25.3 Å². The van der Waals surface area contributed by atoms with Gasteiger partial charge in [0, 0.05) is 5.56 Å². The highest BCUT2D eigenvalue weighted by molar-refractivity contribution is 6.62. The molecule has 0 aliphatic carbocycles. The molecule has 0 radical (unpaired) electrons. The Morgan fingerprint density at radius 2 is 1.78 bits per heavy atom. The van der Waals surface area contributed by atoms with Gasteiger partial charge in [0.25, 0.3) is 0 Å². The van der Waals surface area contributed by atoms with Crippen molar-refractivity contribution in [1.82, 2.24) is 0 Å². The van der Waals surface area contributed by atoms with Crippen LogP contribution in [-0.4, -0.2) is 38.0 Å². The van der Waals surface area contributed by atoms with Crippen molar-refractivity contribution >= 4 is 18.6 Å². The van der Waals surface area contributed by atoms with E-state index in [1.165, 1.54) is 0 Å². The first-order valence-electron chi connectivity index (χ1n) is 7.88. The number of carbonyl (C=O) groups is 1. The van der Waals surface area contributed by atoms with Gasteiger partial charge in [0.05, 0.1) is 31.3 Å². The molecule has 1 saturated heterocycles. The molecule has 1 aromatic rings. The predicted octanol–water partition coefficient (Wildman–Crippen LogP) is 2.10. The molecule has 126 valence electrons. The number of carbonyl (C=O) groups excluding carboxylic acids is 1. The van der Waals surface area contributed by atoms with Crippen LogP contribution in [0.2, 0.25) is 0 Å². The van der Waals surface area contributed by atoms with Crippen LogP contribution >= 0.6 is 0 Å². The third kappa shape index (κ3) is 3.70. The summed E-state index contributed by atoms with van der Waals surface area (Å²) in [6, 6.07) is 5.62. The lowest BCUT2D eigenvalue weighted by atomic mass is 9.78. The Bertz CT molecular complexity index is 566. The molecule has 1 heterocycles. The van der Waals surface area contributed by atoms with E-state index in [-0.39, 0.29) is 12.4 Å². The SMILES string of the molecule is CCOC(=O)Cc1ccc(B2OC(C)(C)C(C)(C)O2)cc1OC. The van der Waals surface area contributed by atoms with Crippen molar-refractivity contribution in [2.45, 2.75) is 52.2 Å². The standard InChI is InChI=1S/C17H25BO5/c1-7-21-15(19)10-12-8-9-13(11-14(12)20-6)18-22-16(2,3)17(4,5)23-18/h8-9,11H,7,10H2,1-6H3. The maximum atomic E-state index is 11.7. The minimum Gasteiger partial charge on any atom is -0.496 e. The summed E-state index contributed by atoms with van der Waals surface area (Å²) in [6.45, 7) is 10.2. The molecule has 0 saturated carbocycles. The van der Waals surface area contributed by atoms with Crippen LogP contribution in [0.4, 0.5) is 0 Å². The Labute approximate surface area is 138 Å². The van der Waals surface area contributed by atoms with E-state index in [0.29, 0.717) is 12.4 Å². The van der Waals surface area contributed by atoms with E-state index in [0.717, 1.165) is 11.0 Å². The van der Waals surface area contributed by atoms with Gasteiger partial charge in [-0.2, -0.15) is 0 Å². The molecule has 0 amide bonds. The summed E-state index contributed by atoms with van der Waals surface area (Å²) in [4.78, 5) is 11.7. The molecule has 2 rings (SSSR count). The maximum absolute atomic E-state index is 11.7. The van der Waals surface area contributed by atoms with Gasteiger partial charge in [0.15, 0.2) is 0 Å². The zero-order valence-corrected chi connectivity index (χ0v) is 14.8. The molecule has 5 nitrogen and oxygen atoms in total. The first-order chi connectivity index (χ1) is 10.7. The van der Waals surface area contributed by atoms with Gasteiger partial charge < -0.3 is 18.8 Å². The first-order valence-corrected chi connectivity index (χ1v) is 7.88. The van der Waals surface area contributed by atoms with E-state index < -0.39 is 18.3 Å². The Morgan fingerprint density at radius 3 is 2.30 bits per heavy atom. The first kappa shape index (κ1) is 17.8. The van der Waals surface area contributed by atoms with Gasteiger partial charge in [-0.1, -0.05) is 12.1 Å². The monoisotopic (exact) mass is 320 g/mol.